The van der Waals surface area contributed by atoms with Gasteiger partial charge in [0, 0.05) is 36.9 Å². The average Bonchev–Trinajstić information content (AvgIpc) is 3.01. The Kier molecular flexibility index (Phi) is 7.02. The zero-order chi connectivity index (χ0) is 23.1. The van der Waals surface area contributed by atoms with Crippen molar-refractivity contribution in [1.29, 1.82) is 0 Å². The van der Waals surface area contributed by atoms with E-state index >= 15 is 0 Å². The van der Waals surface area contributed by atoms with Gasteiger partial charge >= 0.3 is 0 Å². The molecule has 0 bridgehead atoms. The molecular weight excluding hydrogens is 417 g/mol. The maximum atomic E-state index is 14.1. The molecule has 31 heavy (non-hydrogen) atoms. The van der Waals surface area contributed by atoms with Gasteiger partial charge in [-0.15, -0.1) is 0 Å². The number of hydrogen-bond donors (Lipinski definition) is 1. The van der Waals surface area contributed by atoms with Crippen LogP contribution >= 0.6 is 11.6 Å². The summed E-state index contributed by atoms with van der Waals surface area (Å²) in [5.74, 6) is -0.313. The molecule has 1 fully saturated rings. The number of hydrogen-bond acceptors (Lipinski definition) is 3. The number of carbonyl (C=O) groups excluding carboxylic acids is 1. The van der Waals surface area contributed by atoms with Gasteiger partial charge in [0.05, 0.1) is 21.8 Å². The van der Waals surface area contributed by atoms with Crippen molar-refractivity contribution in [2.75, 3.05) is 0 Å². The van der Waals surface area contributed by atoms with Crippen molar-refractivity contribution in [2.24, 2.45) is 13.0 Å². The lowest BCUT2D eigenvalue weighted by molar-refractivity contribution is -0.140. The fourth-order valence-electron chi connectivity index (χ4n) is 5.34. The highest BCUT2D eigenvalue weighted by atomic mass is 35.5. The van der Waals surface area contributed by atoms with Gasteiger partial charge in [-0.3, -0.25) is 9.48 Å². The number of aliphatic hydroxyl groups is 1. The van der Waals surface area contributed by atoms with Crippen LogP contribution < -0.4 is 0 Å². The van der Waals surface area contributed by atoms with Crippen LogP contribution in [0.3, 0.4) is 0 Å². The van der Waals surface area contributed by atoms with Crippen LogP contribution in [0, 0.1) is 11.7 Å². The molecule has 5 nitrogen and oxygen atoms in total. The Hall–Kier alpha value is -1.66. The van der Waals surface area contributed by atoms with Crippen LogP contribution in [0.25, 0.3) is 10.9 Å². The van der Waals surface area contributed by atoms with E-state index < -0.39 is 11.4 Å². The highest BCUT2D eigenvalue weighted by Crippen LogP contribution is 2.39. The predicted octanol–water partition coefficient (Wildman–Crippen LogP) is 5.43. The number of carbonyl (C=O) groups is 1. The molecule has 172 valence electrons. The molecular formula is C24H35ClFN3O2. The summed E-state index contributed by atoms with van der Waals surface area (Å²) >= 11 is 6.27. The smallest absolute Gasteiger partial charge is 0.223 e. The lowest BCUT2D eigenvalue weighted by Crippen LogP contribution is -2.52. The Balaban J connectivity index is 1.87. The minimum atomic E-state index is -0.719. The standard InChI is InChI=1S/C24H35ClFN3O2/c1-7-24(31)12-15(4)10-17(13-24)29(14(2)3)20(30)11-16(5)23-21-19(28(6)27-23)9-8-18(26)22(21)25/h8-9,14-17,31H,7,10-13H2,1-6H3. The van der Waals surface area contributed by atoms with Crippen LogP contribution in [0.4, 0.5) is 4.39 Å². The molecule has 7 heteroatoms. The topological polar surface area (TPSA) is 58.4 Å². The van der Waals surface area contributed by atoms with E-state index in [1.165, 1.54) is 6.07 Å². The molecule has 3 rings (SSSR count). The second-order valence-electron chi connectivity index (χ2n) is 9.75. The zero-order valence-corrected chi connectivity index (χ0v) is 20.2. The van der Waals surface area contributed by atoms with E-state index in [9.17, 15) is 14.3 Å². The number of amides is 1. The molecule has 1 saturated carbocycles. The molecule has 0 spiro atoms. The van der Waals surface area contributed by atoms with Crippen LogP contribution in [0.2, 0.25) is 5.02 Å². The zero-order valence-electron chi connectivity index (χ0n) is 19.5. The van der Waals surface area contributed by atoms with Crippen molar-refractivity contribution in [3.8, 4) is 0 Å². The second kappa shape index (κ2) is 9.07. The Morgan fingerprint density at radius 3 is 2.68 bits per heavy atom. The molecule has 0 aliphatic heterocycles. The van der Waals surface area contributed by atoms with Gasteiger partial charge in [-0.2, -0.15) is 5.10 Å². The molecule has 1 aliphatic rings. The van der Waals surface area contributed by atoms with Crippen LogP contribution in [-0.2, 0) is 11.8 Å². The number of fused-ring (bicyclic) bond motifs is 1. The average molecular weight is 452 g/mol. The number of aryl methyl sites for hydroxylation is 1. The van der Waals surface area contributed by atoms with Crippen molar-refractivity contribution in [3.05, 3.63) is 28.7 Å². The van der Waals surface area contributed by atoms with Crippen LogP contribution in [-0.4, -0.2) is 43.4 Å². The number of halogens is 2. The maximum Gasteiger partial charge on any atom is 0.223 e. The summed E-state index contributed by atoms with van der Waals surface area (Å²) in [6, 6.07) is 3.04. The fourth-order valence-corrected chi connectivity index (χ4v) is 5.60. The summed E-state index contributed by atoms with van der Waals surface area (Å²) in [5, 5.41) is 16.2. The first-order chi connectivity index (χ1) is 14.5. The van der Waals surface area contributed by atoms with Crippen molar-refractivity contribution in [1.82, 2.24) is 14.7 Å². The summed E-state index contributed by atoms with van der Waals surface area (Å²) < 4.78 is 15.8. The normalized spacial score (nSPS) is 25.2. The van der Waals surface area contributed by atoms with Gasteiger partial charge in [-0.1, -0.05) is 32.4 Å². The van der Waals surface area contributed by atoms with Crippen molar-refractivity contribution in [3.63, 3.8) is 0 Å². The van der Waals surface area contributed by atoms with Crippen LogP contribution in [0.15, 0.2) is 12.1 Å². The summed E-state index contributed by atoms with van der Waals surface area (Å²) in [5.41, 5.74) is 0.667. The van der Waals surface area contributed by atoms with Crippen molar-refractivity contribution in [2.45, 2.75) is 90.3 Å². The quantitative estimate of drug-likeness (QED) is 0.637. The van der Waals surface area contributed by atoms with Gasteiger partial charge in [0.25, 0.3) is 0 Å². The van der Waals surface area contributed by atoms with E-state index in [1.54, 1.807) is 17.8 Å². The summed E-state index contributed by atoms with van der Waals surface area (Å²) in [4.78, 5) is 15.4. The molecule has 1 aromatic carbocycles. The van der Waals surface area contributed by atoms with E-state index in [4.69, 9.17) is 11.6 Å². The minimum Gasteiger partial charge on any atom is -0.390 e. The number of rotatable bonds is 6. The summed E-state index contributed by atoms with van der Waals surface area (Å²) in [6.45, 7) is 10.1. The molecule has 1 aliphatic carbocycles. The monoisotopic (exact) mass is 451 g/mol. The highest BCUT2D eigenvalue weighted by Gasteiger charge is 2.40. The third-order valence-corrected chi connectivity index (χ3v) is 7.17. The van der Waals surface area contributed by atoms with E-state index in [-0.39, 0.29) is 35.4 Å². The Bertz CT molecular complexity index is 960. The third kappa shape index (κ3) is 4.75. The van der Waals surface area contributed by atoms with Crippen LogP contribution in [0.1, 0.15) is 78.3 Å². The Morgan fingerprint density at radius 2 is 2.06 bits per heavy atom. The van der Waals surface area contributed by atoms with Crippen LogP contribution in [0.5, 0.6) is 0 Å². The van der Waals surface area contributed by atoms with E-state index in [0.29, 0.717) is 29.8 Å². The first-order valence-corrected chi connectivity index (χ1v) is 11.7. The van der Waals surface area contributed by atoms with Gasteiger partial charge in [-0.05, 0) is 57.6 Å². The van der Waals surface area contributed by atoms with Gasteiger partial charge in [0.1, 0.15) is 5.82 Å². The molecule has 2 aromatic rings. The van der Waals surface area contributed by atoms with Gasteiger partial charge in [-0.25, -0.2) is 4.39 Å². The second-order valence-corrected chi connectivity index (χ2v) is 10.1. The third-order valence-electron chi connectivity index (χ3n) is 6.80. The van der Waals surface area contributed by atoms with Crippen molar-refractivity contribution >= 4 is 28.4 Å². The van der Waals surface area contributed by atoms with E-state index in [0.717, 1.165) is 18.4 Å². The first-order valence-electron chi connectivity index (χ1n) is 11.3. The molecule has 0 saturated heterocycles. The largest absolute Gasteiger partial charge is 0.390 e. The first kappa shape index (κ1) is 24.0. The fraction of sp³-hybridized carbons (Fsp3) is 0.667. The number of benzene rings is 1. The molecule has 4 unspecified atom stereocenters. The minimum absolute atomic E-state index is 0.00918. The maximum absolute atomic E-state index is 14.1. The lowest BCUT2D eigenvalue weighted by Gasteiger charge is -2.46. The lowest BCUT2D eigenvalue weighted by atomic mass is 9.74. The molecule has 4 atom stereocenters. The Morgan fingerprint density at radius 1 is 1.39 bits per heavy atom. The van der Waals surface area contributed by atoms with Gasteiger partial charge in [0.2, 0.25) is 5.91 Å². The van der Waals surface area contributed by atoms with Crippen molar-refractivity contribution < 1.29 is 14.3 Å². The molecule has 1 N–H and O–H groups in total. The molecule has 1 heterocycles. The SMILES string of the molecule is CCC1(O)CC(C)CC(N(C(=O)CC(C)c2nn(C)c3ccc(F)c(Cl)c23)C(C)C)C1. The van der Waals surface area contributed by atoms with Gasteiger partial charge < -0.3 is 10.0 Å². The molecule has 1 aromatic heterocycles. The number of aromatic nitrogens is 2. The molecule has 1 amide bonds. The number of nitrogens with zero attached hydrogens (tertiary/aromatic N) is 3. The van der Waals surface area contributed by atoms with E-state index in [2.05, 4.69) is 12.0 Å². The van der Waals surface area contributed by atoms with E-state index in [1.807, 2.05) is 32.6 Å². The summed E-state index contributed by atoms with van der Waals surface area (Å²) in [7, 11) is 1.80. The predicted molar refractivity (Wildman–Crippen MR) is 123 cm³/mol. The summed E-state index contributed by atoms with van der Waals surface area (Å²) in [6.07, 6.45) is 3.22. The Labute approximate surface area is 189 Å². The molecule has 0 radical (unpaired) electrons. The van der Waals surface area contributed by atoms with Gasteiger partial charge in [0.15, 0.2) is 0 Å². The highest BCUT2D eigenvalue weighted by molar-refractivity contribution is 6.35.